The number of carbonyl (C=O) groups is 2. The van der Waals surface area contributed by atoms with Crippen molar-refractivity contribution < 1.29 is 19.1 Å². The molecule has 168 valence electrons. The zero-order chi connectivity index (χ0) is 22.2. The first-order chi connectivity index (χ1) is 15.0. The van der Waals surface area contributed by atoms with Gasteiger partial charge in [0.25, 0.3) is 11.8 Å². The zero-order valence-corrected chi connectivity index (χ0v) is 19.3. The second-order valence-electron chi connectivity index (χ2n) is 7.92. The highest BCUT2D eigenvalue weighted by molar-refractivity contribution is 7.11. The molecule has 7 nitrogen and oxygen atoms in total. The molecular weight excluding hydrogens is 414 g/mol. The summed E-state index contributed by atoms with van der Waals surface area (Å²) in [5.74, 6) is 0.463. The van der Waals surface area contributed by atoms with E-state index in [2.05, 4.69) is 10.6 Å². The molecule has 0 saturated heterocycles. The van der Waals surface area contributed by atoms with Crippen LogP contribution in [0, 0.1) is 0 Å². The second-order valence-corrected chi connectivity index (χ2v) is 9.09. The fraction of sp³-hybridized carbons (Fsp3) is 0.522. The molecule has 2 amide bonds. The number of nitrogens with zero attached hydrogens (tertiary/aromatic N) is 1. The van der Waals surface area contributed by atoms with E-state index in [0.29, 0.717) is 23.6 Å². The molecule has 0 aliphatic heterocycles. The number of fused-ring (bicyclic) bond motifs is 1. The Labute approximate surface area is 187 Å². The molecule has 1 heterocycles. The number of methoxy groups -OCH3 is 1. The summed E-state index contributed by atoms with van der Waals surface area (Å²) in [5, 5.41) is 6.88. The van der Waals surface area contributed by atoms with E-state index in [0.717, 1.165) is 25.7 Å². The van der Waals surface area contributed by atoms with E-state index >= 15 is 0 Å². The van der Waals surface area contributed by atoms with Crippen LogP contribution in [-0.4, -0.2) is 43.1 Å². The second kappa shape index (κ2) is 11.1. The van der Waals surface area contributed by atoms with Crippen molar-refractivity contribution in [2.45, 2.75) is 58.4 Å². The lowest BCUT2D eigenvalue weighted by molar-refractivity contribution is -0.123. The minimum Gasteiger partial charge on any atom is -0.493 e. The van der Waals surface area contributed by atoms with Crippen molar-refractivity contribution in [2.24, 2.45) is 0 Å². The quantitative estimate of drug-likeness (QED) is 0.548. The predicted molar refractivity (Wildman–Crippen MR) is 121 cm³/mol. The summed E-state index contributed by atoms with van der Waals surface area (Å²) in [4.78, 5) is 30.5. The van der Waals surface area contributed by atoms with Crippen LogP contribution >= 0.6 is 11.3 Å². The average molecular weight is 446 g/mol. The number of benzene rings is 1. The normalized spacial score (nSPS) is 12.9. The monoisotopic (exact) mass is 445 g/mol. The number of rotatable bonds is 10. The van der Waals surface area contributed by atoms with E-state index < -0.39 is 0 Å². The van der Waals surface area contributed by atoms with Gasteiger partial charge in [-0.25, -0.2) is 4.98 Å². The summed E-state index contributed by atoms with van der Waals surface area (Å²) in [6.45, 7) is 4.24. The minimum absolute atomic E-state index is 0.0463. The van der Waals surface area contributed by atoms with Crippen molar-refractivity contribution in [1.82, 2.24) is 15.6 Å². The first-order valence-electron chi connectivity index (χ1n) is 10.8. The third-order valence-corrected chi connectivity index (χ3v) is 6.19. The van der Waals surface area contributed by atoms with Crippen LogP contribution in [0.15, 0.2) is 18.2 Å². The van der Waals surface area contributed by atoms with Gasteiger partial charge in [0.1, 0.15) is 0 Å². The van der Waals surface area contributed by atoms with Crippen LogP contribution in [-0.2, 0) is 24.1 Å². The Balaban J connectivity index is 1.47. The molecule has 0 radical (unpaired) electrons. The van der Waals surface area contributed by atoms with Gasteiger partial charge in [0, 0.05) is 29.4 Å². The number of amides is 2. The van der Waals surface area contributed by atoms with Gasteiger partial charge in [-0.3, -0.25) is 9.59 Å². The summed E-state index contributed by atoms with van der Waals surface area (Å²) in [7, 11) is 1.51. The maximum Gasteiger partial charge on any atom is 0.258 e. The van der Waals surface area contributed by atoms with E-state index in [1.807, 2.05) is 25.2 Å². The third-order valence-electron chi connectivity index (χ3n) is 4.98. The van der Waals surface area contributed by atoms with E-state index in [4.69, 9.17) is 14.5 Å². The van der Waals surface area contributed by atoms with Gasteiger partial charge < -0.3 is 20.1 Å². The maximum atomic E-state index is 12.5. The molecule has 0 unspecified atom stereocenters. The highest BCUT2D eigenvalue weighted by Crippen LogP contribution is 2.28. The van der Waals surface area contributed by atoms with Gasteiger partial charge in [-0.05, 0) is 64.2 Å². The van der Waals surface area contributed by atoms with Crippen molar-refractivity contribution in [3.63, 3.8) is 0 Å². The van der Waals surface area contributed by atoms with Crippen molar-refractivity contribution in [2.75, 3.05) is 20.3 Å². The van der Waals surface area contributed by atoms with Crippen LogP contribution in [0.25, 0.3) is 0 Å². The van der Waals surface area contributed by atoms with Crippen LogP contribution in [0.3, 0.4) is 0 Å². The molecule has 0 saturated carbocycles. The molecule has 1 aromatic carbocycles. The van der Waals surface area contributed by atoms with Gasteiger partial charge in [-0.2, -0.15) is 0 Å². The maximum absolute atomic E-state index is 12.5. The Morgan fingerprint density at radius 3 is 2.74 bits per heavy atom. The van der Waals surface area contributed by atoms with Gasteiger partial charge in [-0.15, -0.1) is 11.3 Å². The Kier molecular flexibility index (Phi) is 8.28. The lowest BCUT2D eigenvalue weighted by atomic mass is 10.0. The Hall–Kier alpha value is -2.61. The van der Waals surface area contributed by atoms with E-state index in [1.54, 1.807) is 18.2 Å². The van der Waals surface area contributed by atoms with Crippen molar-refractivity contribution in [1.29, 1.82) is 0 Å². The molecule has 8 heteroatoms. The fourth-order valence-electron chi connectivity index (χ4n) is 3.49. The lowest BCUT2D eigenvalue weighted by Crippen LogP contribution is -2.34. The van der Waals surface area contributed by atoms with Gasteiger partial charge in [-0.1, -0.05) is 0 Å². The third kappa shape index (κ3) is 6.69. The van der Waals surface area contributed by atoms with Crippen LogP contribution in [0.5, 0.6) is 11.5 Å². The number of aromatic nitrogens is 1. The summed E-state index contributed by atoms with van der Waals surface area (Å²) in [6, 6.07) is 4.99. The lowest BCUT2D eigenvalue weighted by Gasteiger charge is -2.13. The molecule has 1 aromatic heterocycles. The molecule has 0 spiro atoms. The van der Waals surface area contributed by atoms with E-state index in [1.165, 1.54) is 35.5 Å². The molecule has 0 atom stereocenters. The molecule has 3 rings (SSSR count). The molecule has 31 heavy (non-hydrogen) atoms. The Morgan fingerprint density at radius 2 is 2.00 bits per heavy atom. The van der Waals surface area contributed by atoms with E-state index in [9.17, 15) is 9.59 Å². The highest BCUT2D eigenvalue weighted by atomic mass is 32.1. The molecule has 1 aliphatic carbocycles. The van der Waals surface area contributed by atoms with Crippen molar-refractivity contribution >= 4 is 23.2 Å². The molecule has 1 aliphatic rings. The van der Waals surface area contributed by atoms with Gasteiger partial charge in [0.2, 0.25) is 0 Å². The molecule has 0 bridgehead atoms. The standard InChI is InChI=1S/C23H31N3O4S/c1-15(2)25-21(27)14-30-18-11-10-16(13-19(18)29-3)23(28)24-12-6-9-22-26-17-7-4-5-8-20(17)31-22/h10-11,13,15H,4-9,12,14H2,1-3H3,(H,24,28)(H,25,27). The van der Waals surface area contributed by atoms with Crippen LogP contribution < -0.4 is 20.1 Å². The van der Waals surface area contributed by atoms with Gasteiger partial charge >= 0.3 is 0 Å². The highest BCUT2D eigenvalue weighted by Gasteiger charge is 2.15. The number of hydrogen-bond acceptors (Lipinski definition) is 6. The SMILES string of the molecule is COc1cc(C(=O)NCCCc2nc3c(s2)CCCC3)ccc1OCC(=O)NC(C)C. The van der Waals surface area contributed by atoms with Crippen LogP contribution in [0.1, 0.15) is 59.0 Å². The first-order valence-corrected chi connectivity index (χ1v) is 11.6. The topological polar surface area (TPSA) is 89.6 Å². The molecule has 2 N–H and O–H groups in total. The number of nitrogens with one attached hydrogen (secondary N) is 2. The average Bonchev–Trinajstić information content (AvgIpc) is 3.17. The molecule has 2 aromatic rings. The Bertz CT molecular complexity index is 887. The van der Waals surface area contributed by atoms with Crippen molar-refractivity contribution in [3.05, 3.63) is 39.3 Å². The number of carbonyl (C=O) groups excluding carboxylic acids is 2. The van der Waals surface area contributed by atoms with Crippen LogP contribution in [0.4, 0.5) is 0 Å². The predicted octanol–water partition coefficient (Wildman–Crippen LogP) is 3.30. The number of ether oxygens (including phenoxy) is 2. The van der Waals surface area contributed by atoms with Crippen molar-refractivity contribution in [3.8, 4) is 11.5 Å². The molecular formula is C23H31N3O4S. The van der Waals surface area contributed by atoms with Gasteiger partial charge in [0.15, 0.2) is 18.1 Å². The summed E-state index contributed by atoms with van der Waals surface area (Å²) < 4.78 is 10.9. The van der Waals surface area contributed by atoms with Crippen LogP contribution in [0.2, 0.25) is 0 Å². The number of aryl methyl sites for hydroxylation is 3. The largest absolute Gasteiger partial charge is 0.493 e. The van der Waals surface area contributed by atoms with E-state index in [-0.39, 0.29) is 24.5 Å². The summed E-state index contributed by atoms with van der Waals surface area (Å²) in [6.07, 6.45) is 6.50. The number of thiazole rings is 1. The van der Waals surface area contributed by atoms with Gasteiger partial charge in [0.05, 0.1) is 17.8 Å². The summed E-state index contributed by atoms with van der Waals surface area (Å²) in [5.41, 5.74) is 1.77. The fourth-order valence-corrected chi connectivity index (χ4v) is 4.69. The summed E-state index contributed by atoms with van der Waals surface area (Å²) >= 11 is 1.82. The zero-order valence-electron chi connectivity index (χ0n) is 18.5. The number of hydrogen-bond donors (Lipinski definition) is 2. The molecule has 0 fully saturated rings. The first kappa shape index (κ1) is 23.1. The Morgan fingerprint density at radius 1 is 1.19 bits per heavy atom. The minimum atomic E-state index is -0.208. The smallest absolute Gasteiger partial charge is 0.258 e.